The van der Waals surface area contributed by atoms with Crippen molar-refractivity contribution in [2.24, 2.45) is 7.05 Å². The third-order valence-corrected chi connectivity index (χ3v) is 4.41. The molecule has 0 radical (unpaired) electrons. The molecule has 8 nitrogen and oxygen atoms in total. The van der Waals surface area contributed by atoms with Gasteiger partial charge in [0.15, 0.2) is 0 Å². The number of amides is 2. The summed E-state index contributed by atoms with van der Waals surface area (Å²) in [6, 6.07) is 1.89. The molecule has 0 aliphatic carbocycles. The summed E-state index contributed by atoms with van der Waals surface area (Å²) in [5, 5.41) is 7.41. The Morgan fingerprint density at radius 2 is 2.04 bits per heavy atom. The monoisotopic (exact) mass is 343 g/mol. The molecule has 2 aromatic heterocycles. The van der Waals surface area contributed by atoms with Gasteiger partial charge in [0.05, 0.1) is 5.69 Å². The van der Waals surface area contributed by atoms with E-state index in [1.165, 1.54) is 0 Å². The van der Waals surface area contributed by atoms with Crippen LogP contribution >= 0.6 is 0 Å². The highest BCUT2D eigenvalue weighted by atomic mass is 16.2. The number of aromatic nitrogens is 4. The lowest BCUT2D eigenvalue weighted by Gasteiger charge is -2.35. The summed E-state index contributed by atoms with van der Waals surface area (Å²) in [5.41, 5.74) is 2.11. The number of hydrogen-bond acceptors (Lipinski definition) is 5. The van der Waals surface area contributed by atoms with Crippen LogP contribution in [0.15, 0.2) is 18.5 Å². The number of piperazine rings is 1. The normalized spacial score (nSPS) is 14.7. The summed E-state index contributed by atoms with van der Waals surface area (Å²) >= 11 is 0. The molecule has 3 heterocycles. The molecule has 1 aliphatic heterocycles. The zero-order valence-electron chi connectivity index (χ0n) is 15.1. The average molecular weight is 343 g/mol. The number of urea groups is 1. The van der Waals surface area contributed by atoms with E-state index in [2.05, 4.69) is 32.2 Å². The minimum atomic E-state index is -0.0237. The lowest BCUT2D eigenvalue weighted by Crippen LogP contribution is -2.52. The maximum Gasteiger partial charge on any atom is 0.317 e. The van der Waals surface area contributed by atoms with E-state index in [-0.39, 0.29) is 6.03 Å². The molecule has 8 heteroatoms. The van der Waals surface area contributed by atoms with Crippen molar-refractivity contribution in [2.75, 3.05) is 31.1 Å². The fourth-order valence-electron chi connectivity index (χ4n) is 3.07. The summed E-state index contributed by atoms with van der Waals surface area (Å²) in [7, 11) is 1.90. The Morgan fingerprint density at radius 1 is 1.28 bits per heavy atom. The lowest BCUT2D eigenvalue weighted by molar-refractivity contribution is 0.193. The van der Waals surface area contributed by atoms with E-state index >= 15 is 0 Å². The molecule has 0 unspecified atom stereocenters. The molecule has 2 amide bonds. The van der Waals surface area contributed by atoms with Crippen molar-refractivity contribution < 1.29 is 4.79 Å². The Bertz CT molecular complexity index is 734. The molecule has 0 aromatic carbocycles. The average Bonchev–Trinajstić information content (AvgIpc) is 2.99. The van der Waals surface area contributed by atoms with E-state index in [9.17, 15) is 4.79 Å². The Balaban J connectivity index is 1.51. The molecule has 1 aliphatic rings. The maximum atomic E-state index is 12.4. The van der Waals surface area contributed by atoms with Crippen molar-refractivity contribution in [2.45, 2.75) is 26.8 Å². The molecule has 1 saturated heterocycles. The highest BCUT2D eigenvalue weighted by molar-refractivity contribution is 5.74. The second-order valence-corrected chi connectivity index (χ2v) is 6.22. The first kappa shape index (κ1) is 17.2. The molecule has 1 N–H and O–H groups in total. The number of carbonyl (C=O) groups is 1. The number of nitrogens with zero attached hydrogens (tertiary/aromatic N) is 6. The third kappa shape index (κ3) is 4.07. The molecule has 25 heavy (non-hydrogen) atoms. The molecule has 0 atom stereocenters. The molecule has 1 fully saturated rings. The van der Waals surface area contributed by atoms with Gasteiger partial charge in [0.1, 0.15) is 11.6 Å². The van der Waals surface area contributed by atoms with Crippen LogP contribution in [0.2, 0.25) is 0 Å². The minimum Gasteiger partial charge on any atom is -0.353 e. The van der Waals surface area contributed by atoms with Gasteiger partial charge < -0.3 is 15.1 Å². The van der Waals surface area contributed by atoms with E-state index in [4.69, 9.17) is 0 Å². The predicted molar refractivity (Wildman–Crippen MR) is 95.4 cm³/mol. The van der Waals surface area contributed by atoms with Crippen molar-refractivity contribution in [3.05, 3.63) is 35.5 Å². The Labute approximate surface area is 147 Å². The van der Waals surface area contributed by atoms with Crippen molar-refractivity contribution >= 4 is 11.8 Å². The van der Waals surface area contributed by atoms with E-state index in [1.807, 2.05) is 31.1 Å². The van der Waals surface area contributed by atoms with Gasteiger partial charge in [0.25, 0.3) is 0 Å². The lowest BCUT2D eigenvalue weighted by atomic mass is 10.2. The smallest absolute Gasteiger partial charge is 0.317 e. The van der Waals surface area contributed by atoms with Crippen LogP contribution in [0.4, 0.5) is 10.6 Å². The van der Waals surface area contributed by atoms with Crippen LogP contribution < -0.4 is 10.2 Å². The van der Waals surface area contributed by atoms with Gasteiger partial charge in [-0.2, -0.15) is 5.10 Å². The van der Waals surface area contributed by atoms with Gasteiger partial charge in [-0.3, -0.25) is 4.68 Å². The topological polar surface area (TPSA) is 79.2 Å². The van der Waals surface area contributed by atoms with Gasteiger partial charge in [0, 0.05) is 57.7 Å². The number of nitrogens with one attached hydrogen (secondary N) is 1. The maximum absolute atomic E-state index is 12.4. The van der Waals surface area contributed by atoms with Crippen LogP contribution in [0, 0.1) is 6.92 Å². The summed E-state index contributed by atoms with van der Waals surface area (Å²) in [6.45, 7) is 7.39. The first-order chi connectivity index (χ1) is 12.1. The van der Waals surface area contributed by atoms with E-state index < -0.39 is 0 Å². The molecule has 0 bridgehead atoms. The van der Waals surface area contributed by atoms with Crippen molar-refractivity contribution in [1.82, 2.24) is 30.0 Å². The molecule has 0 saturated carbocycles. The fraction of sp³-hybridized carbons (Fsp3) is 0.529. The molecule has 3 rings (SSSR count). The SMILES string of the molecule is CCc1nn(C)cc1CNC(=O)N1CCN(c2ccnc(C)n2)CC1. The van der Waals surface area contributed by atoms with Crippen LogP contribution in [0.25, 0.3) is 0 Å². The van der Waals surface area contributed by atoms with Crippen molar-refractivity contribution in [1.29, 1.82) is 0 Å². The quantitative estimate of drug-likeness (QED) is 0.900. The summed E-state index contributed by atoms with van der Waals surface area (Å²) in [4.78, 5) is 25.0. The Hall–Kier alpha value is -2.64. The van der Waals surface area contributed by atoms with Gasteiger partial charge in [0.2, 0.25) is 0 Å². The zero-order valence-corrected chi connectivity index (χ0v) is 15.1. The van der Waals surface area contributed by atoms with Gasteiger partial charge in [-0.25, -0.2) is 14.8 Å². The predicted octanol–water partition coefficient (Wildman–Crippen LogP) is 1.11. The highest BCUT2D eigenvalue weighted by Gasteiger charge is 2.22. The number of hydrogen-bond donors (Lipinski definition) is 1. The number of carbonyl (C=O) groups excluding carboxylic acids is 1. The Kier molecular flexibility index (Phi) is 5.16. The largest absolute Gasteiger partial charge is 0.353 e. The second-order valence-electron chi connectivity index (χ2n) is 6.22. The van der Waals surface area contributed by atoms with Crippen LogP contribution in [-0.4, -0.2) is 56.9 Å². The standard InChI is InChI=1S/C17H25N7O/c1-4-15-14(12-22(3)21-15)11-19-17(25)24-9-7-23(8-10-24)16-5-6-18-13(2)20-16/h5-6,12H,4,7-11H2,1-3H3,(H,19,25). The van der Waals surface area contributed by atoms with Gasteiger partial charge in [-0.1, -0.05) is 6.92 Å². The third-order valence-electron chi connectivity index (χ3n) is 4.41. The van der Waals surface area contributed by atoms with E-state index in [1.54, 1.807) is 10.9 Å². The molecular weight excluding hydrogens is 318 g/mol. The van der Waals surface area contributed by atoms with Gasteiger partial charge >= 0.3 is 6.03 Å². The number of aryl methyl sites for hydroxylation is 3. The second kappa shape index (κ2) is 7.50. The Morgan fingerprint density at radius 3 is 2.72 bits per heavy atom. The van der Waals surface area contributed by atoms with Crippen LogP contribution in [0.1, 0.15) is 24.0 Å². The zero-order chi connectivity index (χ0) is 17.8. The van der Waals surface area contributed by atoms with Gasteiger partial charge in [-0.15, -0.1) is 0 Å². The summed E-state index contributed by atoms with van der Waals surface area (Å²) in [5.74, 6) is 1.69. The number of rotatable bonds is 4. The van der Waals surface area contributed by atoms with Crippen LogP contribution in [-0.2, 0) is 20.0 Å². The molecule has 134 valence electrons. The first-order valence-corrected chi connectivity index (χ1v) is 8.65. The molecule has 2 aromatic rings. The minimum absolute atomic E-state index is 0.0237. The summed E-state index contributed by atoms with van der Waals surface area (Å²) in [6.07, 6.45) is 4.60. The number of anilines is 1. The van der Waals surface area contributed by atoms with Crippen molar-refractivity contribution in [3.8, 4) is 0 Å². The summed E-state index contributed by atoms with van der Waals surface area (Å²) < 4.78 is 1.79. The van der Waals surface area contributed by atoms with E-state index in [0.717, 1.165) is 42.4 Å². The highest BCUT2D eigenvalue weighted by Crippen LogP contribution is 2.13. The first-order valence-electron chi connectivity index (χ1n) is 8.65. The van der Waals surface area contributed by atoms with Gasteiger partial charge in [-0.05, 0) is 19.4 Å². The molecular formula is C17H25N7O. The van der Waals surface area contributed by atoms with E-state index in [0.29, 0.717) is 19.6 Å². The van der Waals surface area contributed by atoms with Crippen LogP contribution in [0.3, 0.4) is 0 Å². The fourth-order valence-corrected chi connectivity index (χ4v) is 3.07. The molecule has 0 spiro atoms. The van der Waals surface area contributed by atoms with Crippen LogP contribution in [0.5, 0.6) is 0 Å². The van der Waals surface area contributed by atoms with Crippen molar-refractivity contribution in [3.63, 3.8) is 0 Å².